The molecule has 2 fully saturated rings. The Morgan fingerprint density at radius 1 is 1.12 bits per heavy atom. The number of nitrogens with one attached hydrogen (secondary N) is 2. The van der Waals surface area contributed by atoms with Crippen LogP contribution in [0.5, 0.6) is 0 Å². The van der Waals surface area contributed by atoms with Gasteiger partial charge in [-0.25, -0.2) is 18.3 Å². The summed E-state index contributed by atoms with van der Waals surface area (Å²) < 4.78 is 71.2. The van der Waals surface area contributed by atoms with Crippen molar-refractivity contribution in [2.45, 2.75) is 82.5 Å². The number of imidazole rings is 1. The molecule has 3 aromatic heterocycles. The molecule has 40 heavy (non-hydrogen) atoms. The van der Waals surface area contributed by atoms with Gasteiger partial charge in [-0.2, -0.15) is 22.6 Å². The molecule has 2 atom stereocenters. The van der Waals surface area contributed by atoms with Gasteiger partial charge in [-0.1, -0.05) is 0 Å². The fraction of sp³-hybridized carbons (Fsp3) is 0.577. The lowest BCUT2D eigenvalue weighted by molar-refractivity contribution is -0.144. The number of alkyl halides is 5. The second kappa shape index (κ2) is 11.0. The molecule has 0 radical (unpaired) electrons. The normalized spacial score (nSPS) is 19.4. The maximum atomic E-state index is 13.9. The van der Waals surface area contributed by atoms with E-state index in [9.17, 15) is 31.5 Å². The molecule has 3 aromatic rings. The Kier molecular flexibility index (Phi) is 7.81. The van der Waals surface area contributed by atoms with Crippen LogP contribution in [0.25, 0.3) is 5.65 Å². The highest BCUT2D eigenvalue weighted by Crippen LogP contribution is 2.43. The minimum Gasteiger partial charge on any atom is -0.349 e. The molecule has 14 heteroatoms. The van der Waals surface area contributed by atoms with Gasteiger partial charge in [0.2, 0.25) is 11.8 Å². The summed E-state index contributed by atoms with van der Waals surface area (Å²) in [6.45, 7) is 1.72. The number of aryl methyl sites for hydroxylation is 1. The quantitative estimate of drug-likeness (QED) is 0.314. The lowest BCUT2D eigenvalue weighted by Crippen LogP contribution is -2.37. The zero-order valence-corrected chi connectivity index (χ0v) is 22.5. The van der Waals surface area contributed by atoms with E-state index in [-0.39, 0.29) is 43.4 Å². The van der Waals surface area contributed by atoms with Crippen LogP contribution >= 0.6 is 11.5 Å². The fourth-order valence-electron chi connectivity index (χ4n) is 5.19. The van der Waals surface area contributed by atoms with Crippen LogP contribution in [0.1, 0.15) is 90.8 Å². The molecule has 2 N–H and O–H groups in total. The minimum atomic E-state index is -4.42. The average Bonchev–Trinajstić information content (AvgIpc) is 3.49. The summed E-state index contributed by atoms with van der Waals surface area (Å²) in [5.74, 6) is -3.97. The van der Waals surface area contributed by atoms with Crippen LogP contribution in [0, 0.1) is 18.8 Å². The molecule has 2 aliphatic rings. The van der Waals surface area contributed by atoms with Crippen LogP contribution in [0.2, 0.25) is 0 Å². The molecule has 5 rings (SSSR count). The maximum absolute atomic E-state index is 13.9. The Morgan fingerprint density at radius 3 is 2.45 bits per heavy atom. The van der Waals surface area contributed by atoms with Crippen molar-refractivity contribution in [2.75, 3.05) is 0 Å². The van der Waals surface area contributed by atoms with Crippen LogP contribution in [0.15, 0.2) is 23.8 Å². The van der Waals surface area contributed by atoms with Gasteiger partial charge in [-0.3, -0.25) is 9.59 Å². The molecule has 0 aliphatic heterocycles. The second-order valence-corrected chi connectivity index (χ2v) is 11.3. The molecule has 216 valence electrons. The number of nitrogens with zero attached hydrogens (tertiary/aromatic N) is 4. The van der Waals surface area contributed by atoms with E-state index in [0.29, 0.717) is 28.2 Å². The highest BCUT2D eigenvalue weighted by atomic mass is 32.1. The van der Waals surface area contributed by atoms with Crippen LogP contribution in [0.3, 0.4) is 0 Å². The van der Waals surface area contributed by atoms with Crippen molar-refractivity contribution in [3.8, 4) is 0 Å². The molecular weight excluding hydrogens is 555 g/mol. The van der Waals surface area contributed by atoms with Crippen molar-refractivity contribution in [2.24, 2.45) is 11.8 Å². The van der Waals surface area contributed by atoms with E-state index < -0.39 is 42.9 Å². The van der Waals surface area contributed by atoms with Crippen LogP contribution in [-0.2, 0) is 4.79 Å². The number of carbonyl (C=O) groups is 2. The van der Waals surface area contributed by atoms with Gasteiger partial charge in [0, 0.05) is 24.6 Å². The molecule has 2 saturated carbocycles. The van der Waals surface area contributed by atoms with E-state index in [4.69, 9.17) is 0 Å². The van der Waals surface area contributed by atoms with E-state index in [2.05, 4.69) is 25.1 Å². The highest BCUT2D eigenvalue weighted by molar-refractivity contribution is 7.03. The first-order chi connectivity index (χ1) is 18.9. The van der Waals surface area contributed by atoms with Crippen molar-refractivity contribution in [3.05, 3.63) is 46.4 Å². The SMILES string of the molecule is Cc1nscc1C(=O)N[C@H](c1cn2ncc([C@H](NC(=O)CCC(F)(F)F)C3CC3)cc2n1)C1CCC(F)(F)CC1. The van der Waals surface area contributed by atoms with Gasteiger partial charge in [-0.05, 0) is 67.6 Å². The number of amides is 2. The Labute approximate surface area is 230 Å². The van der Waals surface area contributed by atoms with Crippen molar-refractivity contribution in [1.82, 2.24) is 29.6 Å². The lowest BCUT2D eigenvalue weighted by atomic mass is 9.81. The van der Waals surface area contributed by atoms with Gasteiger partial charge in [-0.15, -0.1) is 0 Å². The first kappa shape index (κ1) is 28.4. The zero-order valence-electron chi connectivity index (χ0n) is 21.7. The van der Waals surface area contributed by atoms with E-state index in [0.717, 1.165) is 24.4 Å². The summed E-state index contributed by atoms with van der Waals surface area (Å²) in [5, 5.41) is 11.7. The summed E-state index contributed by atoms with van der Waals surface area (Å²) in [6.07, 6.45) is -1.58. The van der Waals surface area contributed by atoms with E-state index >= 15 is 0 Å². The molecule has 0 saturated heterocycles. The Hall–Kier alpha value is -3.16. The number of halogens is 5. The van der Waals surface area contributed by atoms with E-state index in [1.807, 2.05) is 0 Å². The molecule has 0 bridgehead atoms. The third-order valence-electron chi connectivity index (χ3n) is 7.60. The van der Waals surface area contributed by atoms with Gasteiger partial charge in [0.1, 0.15) is 0 Å². The second-order valence-electron chi connectivity index (χ2n) is 10.7. The van der Waals surface area contributed by atoms with Crippen molar-refractivity contribution >= 4 is 29.0 Å². The highest BCUT2D eigenvalue weighted by Gasteiger charge is 2.40. The Morgan fingerprint density at radius 2 is 1.82 bits per heavy atom. The predicted octanol–water partition coefficient (Wildman–Crippen LogP) is 5.70. The zero-order chi connectivity index (χ0) is 28.7. The largest absolute Gasteiger partial charge is 0.389 e. The first-order valence-electron chi connectivity index (χ1n) is 13.2. The van der Waals surface area contributed by atoms with Gasteiger partial charge in [0.05, 0.1) is 47.8 Å². The number of carbonyl (C=O) groups excluding carboxylic acids is 2. The summed E-state index contributed by atoms with van der Waals surface area (Å²) >= 11 is 1.15. The molecule has 0 spiro atoms. The van der Waals surface area contributed by atoms with Crippen molar-refractivity contribution in [1.29, 1.82) is 0 Å². The molecule has 3 heterocycles. The summed E-state index contributed by atoms with van der Waals surface area (Å²) in [4.78, 5) is 30.0. The van der Waals surface area contributed by atoms with Gasteiger partial charge in [0.25, 0.3) is 5.91 Å². The number of aromatic nitrogens is 4. The van der Waals surface area contributed by atoms with Crippen molar-refractivity contribution in [3.63, 3.8) is 0 Å². The van der Waals surface area contributed by atoms with E-state index in [1.54, 1.807) is 30.8 Å². The van der Waals surface area contributed by atoms with Crippen LogP contribution in [-0.4, -0.2) is 42.9 Å². The molecule has 0 aromatic carbocycles. The Balaban J connectivity index is 1.39. The van der Waals surface area contributed by atoms with Crippen LogP contribution in [0.4, 0.5) is 22.0 Å². The third kappa shape index (κ3) is 6.76. The third-order valence-corrected chi connectivity index (χ3v) is 8.32. The molecule has 2 aliphatic carbocycles. The van der Waals surface area contributed by atoms with Gasteiger partial charge < -0.3 is 10.6 Å². The van der Waals surface area contributed by atoms with Gasteiger partial charge in [0.15, 0.2) is 5.65 Å². The molecule has 0 unspecified atom stereocenters. The lowest BCUT2D eigenvalue weighted by Gasteiger charge is -2.33. The smallest absolute Gasteiger partial charge is 0.349 e. The fourth-order valence-corrected chi connectivity index (χ4v) is 5.88. The number of rotatable bonds is 9. The Bertz CT molecular complexity index is 1380. The molecule has 8 nitrogen and oxygen atoms in total. The number of hydrogen-bond acceptors (Lipinski definition) is 6. The van der Waals surface area contributed by atoms with Crippen molar-refractivity contribution < 1.29 is 31.5 Å². The summed E-state index contributed by atoms with van der Waals surface area (Å²) in [7, 11) is 0. The summed E-state index contributed by atoms with van der Waals surface area (Å²) in [5.41, 5.74) is 2.48. The number of fused-ring (bicyclic) bond motifs is 1. The first-order valence-corrected chi connectivity index (χ1v) is 14.0. The van der Waals surface area contributed by atoms with E-state index in [1.165, 1.54) is 4.52 Å². The topological polar surface area (TPSA) is 101 Å². The predicted molar refractivity (Wildman–Crippen MR) is 136 cm³/mol. The van der Waals surface area contributed by atoms with Gasteiger partial charge >= 0.3 is 6.18 Å². The minimum absolute atomic E-state index is 0.0897. The maximum Gasteiger partial charge on any atom is 0.389 e. The standard InChI is InChI=1S/C26H29F5N6O2S/c1-14-18(13-40-36-14)24(39)35-23(16-4-7-25(27,28)8-5-16)19-12-37-20(33-19)10-17(11-32-37)22(15-2-3-15)34-21(38)6-9-26(29,30)31/h10-13,15-16,22-23H,2-9H2,1H3,(H,34,38)(H,35,39)/t22-,23+/m1/s1. The van der Waals surface area contributed by atoms with Crippen LogP contribution < -0.4 is 10.6 Å². The average molecular weight is 585 g/mol. The molecule has 2 amide bonds. The number of hydrogen-bond donors (Lipinski definition) is 2. The molecular formula is C26H29F5N6O2S. The summed E-state index contributed by atoms with van der Waals surface area (Å²) in [6, 6.07) is 0.572. The monoisotopic (exact) mass is 584 g/mol.